The molecule has 4 rings (SSSR count). The molecule has 9 heteroatoms. The average Bonchev–Trinajstić information content (AvgIpc) is 3.19. The molecule has 0 atom stereocenters. The highest BCUT2D eigenvalue weighted by molar-refractivity contribution is 7.91. The summed E-state index contributed by atoms with van der Waals surface area (Å²) >= 11 is 1.25. The maximum absolute atomic E-state index is 12.3. The van der Waals surface area contributed by atoms with Gasteiger partial charge in [0.15, 0.2) is 5.82 Å². The minimum absolute atomic E-state index is 0.236. The van der Waals surface area contributed by atoms with Crippen LogP contribution in [-0.4, -0.2) is 36.5 Å². The number of aromatic nitrogens is 3. The van der Waals surface area contributed by atoms with Gasteiger partial charge in [-0.3, -0.25) is 4.98 Å². The molecule has 7 nitrogen and oxygen atoms in total. The van der Waals surface area contributed by atoms with E-state index in [2.05, 4.69) is 25.0 Å². The normalized spacial score (nSPS) is 11.6. The Balaban J connectivity index is 1.52. The van der Waals surface area contributed by atoms with Gasteiger partial charge in [-0.05, 0) is 43.3 Å². The lowest BCUT2D eigenvalue weighted by atomic mass is 10.2. The fourth-order valence-electron chi connectivity index (χ4n) is 2.83. The number of anilines is 1. The number of para-hydroxylation sites is 1. The molecule has 0 aliphatic carbocycles. The summed E-state index contributed by atoms with van der Waals surface area (Å²) in [6, 6.07) is 14.8. The van der Waals surface area contributed by atoms with Crippen molar-refractivity contribution in [3.63, 3.8) is 0 Å². The zero-order chi connectivity index (χ0) is 20.3. The molecule has 0 amide bonds. The lowest BCUT2D eigenvalue weighted by Gasteiger charge is -2.11. The first-order valence-electron chi connectivity index (χ1n) is 9.00. The zero-order valence-electron chi connectivity index (χ0n) is 15.7. The fourth-order valence-corrected chi connectivity index (χ4v) is 5.19. The number of nitrogens with zero attached hydrogens (tertiary/aromatic N) is 3. The first-order chi connectivity index (χ1) is 14.0. The van der Waals surface area contributed by atoms with Crippen LogP contribution in [0.2, 0.25) is 0 Å². The van der Waals surface area contributed by atoms with Crippen molar-refractivity contribution >= 4 is 38.1 Å². The molecule has 0 unspecified atom stereocenters. The van der Waals surface area contributed by atoms with E-state index in [-0.39, 0.29) is 6.54 Å². The lowest BCUT2D eigenvalue weighted by Crippen LogP contribution is -2.28. The number of fused-ring (bicyclic) bond motifs is 1. The van der Waals surface area contributed by atoms with Crippen molar-refractivity contribution in [2.45, 2.75) is 11.1 Å². The number of aryl methyl sites for hydroxylation is 1. The first-order valence-corrected chi connectivity index (χ1v) is 11.3. The Labute approximate surface area is 172 Å². The van der Waals surface area contributed by atoms with Crippen LogP contribution in [-0.2, 0) is 10.0 Å². The second-order valence-corrected chi connectivity index (χ2v) is 9.63. The molecule has 3 aromatic heterocycles. The van der Waals surface area contributed by atoms with Crippen LogP contribution in [0.4, 0.5) is 5.82 Å². The fraction of sp³-hybridized carbons (Fsp3) is 0.150. The lowest BCUT2D eigenvalue weighted by molar-refractivity contribution is 0.585. The molecule has 0 fully saturated rings. The van der Waals surface area contributed by atoms with E-state index in [0.29, 0.717) is 22.4 Å². The van der Waals surface area contributed by atoms with Crippen LogP contribution in [0.15, 0.2) is 65.1 Å². The van der Waals surface area contributed by atoms with Crippen molar-refractivity contribution in [3.05, 3.63) is 65.8 Å². The molecule has 3 heterocycles. The van der Waals surface area contributed by atoms with E-state index in [1.807, 2.05) is 43.3 Å². The summed E-state index contributed by atoms with van der Waals surface area (Å²) in [7, 11) is -3.50. The van der Waals surface area contributed by atoms with Crippen LogP contribution in [0.5, 0.6) is 0 Å². The van der Waals surface area contributed by atoms with E-state index in [4.69, 9.17) is 0 Å². The topological polar surface area (TPSA) is 96.9 Å². The van der Waals surface area contributed by atoms with E-state index in [1.165, 1.54) is 11.3 Å². The van der Waals surface area contributed by atoms with E-state index < -0.39 is 10.0 Å². The third kappa shape index (κ3) is 4.42. The minimum Gasteiger partial charge on any atom is -0.368 e. The van der Waals surface area contributed by atoms with Crippen molar-refractivity contribution in [1.82, 2.24) is 19.7 Å². The highest BCUT2D eigenvalue weighted by atomic mass is 32.2. The average molecular weight is 426 g/mol. The Kier molecular flexibility index (Phi) is 5.52. The Morgan fingerprint density at radius 2 is 1.86 bits per heavy atom. The molecule has 0 aliphatic rings. The van der Waals surface area contributed by atoms with Gasteiger partial charge in [0.1, 0.15) is 10.0 Å². The number of sulfonamides is 1. The molecule has 29 heavy (non-hydrogen) atoms. The van der Waals surface area contributed by atoms with Gasteiger partial charge in [-0.15, -0.1) is 11.3 Å². The van der Waals surface area contributed by atoms with Gasteiger partial charge in [-0.25, -0.2) is 23.1 Å². The third-order valence-corrected chi connectivity index (χ3v) is 7.17. The molecular weight excluding hydrogens is 406 g/mol. The summed E-state index contributed by atoms with van der Waals surface area (Å²) in [5.41, 5.74) is 1.62. The molecular formula is C20H19N5O2S2. The SMILES string of the molecule is Cc1ccc(S(=O)(=O)NCCNc2nc(-c3cccnc3)nc3ccccc23)s1. The highest BCUT2D eigenvalue weighted by Crippen LogP contribution is 2.24. The summed E-state index contributed by atoms with van der Waals surface area (Å²) in [4.78, 5) is 14.3. The van der Waals surface area contributed by atoms with Crippen molar-refractivity contribution < 1.29 is 8.42 Å². The second-order valence-electron chi connectivity index (χ2n) is 6.34. The van der Waals surface area contributed by atoms with Crippen LogP contribution in [0, 0.1) is 6.92 Å². The van der Waals surface area contributed by atoms with Crippen LogP contribution < -0.4 is 10.0 Å². The minimum atomic E-state index is -3.50. The standard InChI is InChI=1S/C20H19N5O2S2/c1-14-8-9-18(28-14)29(26,27)23-12-11-22-20-16-6-2-3-7-17(16)24-19(25-20)15-5-4-10-21-13-15/h2-10,13,23H,11-12H2,1H3,(H,22,24,25). The summed E-state index contributed by atoms with van der Waals surface area (Å²) < 4.78 is 27.6. The third-order valence-electron chi connectivity index (χ3n) is 4.21. The Morgan fingerprint density at radius 1 is 1.00 bits per heavy atom. The number of nitrogens with one attached hydrogen (secondary N) is 2. The molecule has 4 aromatic rings. The van der Waals surface area contributed by atoms with Crippen LogP contribution in [0.25, 0.3) is 22.3 Å². The highest BCUT2D eigenvalue weighted by Gasteiger charge is 2.15. The molecule has 0 saturated heterocycles. The Morgan fingerprint density at radius 3 is 2.62 bits per heavy atom. The van der Waals surface area contributed by atoms with Crippen LogP contribution >= 0.6 is 11.3 Å². The van der Waals surface area contributed by atoms with Crippen molar-refractivity contribution in [1.29, 1.82) is 0 Å². The molecule has 2 N–H and O–H groups in total. The summed E-state index contributed by atoms with van der Waals surface area (Å²) in [5.74, 6) is 1.22. The van der Waals surface area contributed by atoms with Crippen molar-refractivity contribution in [3.8, 4) is 11.4 Å². The number of thiophene rings is 1. The number of benzene rings is 1. The summed E-state index contributed by atoms with van der Waals surface area (Å²) in [6.45, 7) is 2.50. The molecule has 0 aliphatic heterocycles. The van der Waals surface area contributed by atoms with E-state index in [1.54, 1.807) is 24.5 Å². The molecule has 0 bridgehead atoms. The van der Waals surface area contributed by atoms with Gasteiger partial charge in [0, 0.05) is 41.3 Å². The summed E-state index contributed by atoms with van der Waals surface area (Å²) in [5, 5.41) is 4.10. The largest absolute Gasteiger partial charge is 0.368 e. The van der Waals surface area contributed by atoms with Gasteiger partial charge in [0.2, 0.25) is 10.0 Å². The monoisotopic (exact) mass is 425 g/mol. The maximum Gasteiger partial charge on any atom is 0.250 e. The first kappa shape index (κ1) is 19.4. The van der Waals surface area contributed by atoms with Crippen molar-refractivity contribution in [2.75, 3.05) is 18.4 Å². The van der Waals surface area contributed by atoms with E-state index >= 15 is 0 Å². The number of hydrogen-bond acceptors (Lipinski definition) is 7. The molecule has 0 spiro atoms. The zero-order valence-corrected chi connectivity index (χ0v) is 17.3. The maximum atomic E-state index is 12.3. The second kappa shape index (κ2) is 8.24. The number of rotatable bonds is 7. The predicted octanol–water partition coefficient (Wildman–Crippen LogP) is 3.45. The van der Waals surface area contributed by atoms with Gasteiger partial charge < -0.3 is 5.32 Å². The van der Waals surface area contributed by atoms with Gasteiger partial charge >= 0.3 is 0 Å². The molecule has 0 saturated carbocycles. The quantitative estimate of drug-likeness (QED) is 0.440. The van der Waals surface area contributed by atoms with Gasteiger partial charge in [-0.2, -0.15) is 0 Å². The number of pyridine rings is 1. The molecule has 0 radical (unpaired) electrons. The Hall–Kier alpha value is -2.88. The van der Waals surface area contributed by atoms with Gasteiger partial charge in [-0.1, -0.05) is 12.1 Å². The van der Waals surface area contributed by atoms with E-state index in [0.717, 1.165) is 21.3 Å². The van der Waals surface area contributed by atoms with Gasteiger partial charge in [0.05, 0.1) is 5.52 Å². The van der Waals surface area contributed by atoms with Crippen LogP contribution in [0.1, 0.15) is 4.88 Å². The number of hydrogen-bond donors (Lipinski definition) is 2. The van der Waals surface area contributed by atoms with E-state index in [9.17, 15) is 8.42 Å². The Bertz CT molecular complexity index is 1240. The molecule has 148 valence electrons. The van der Waals surface area contributed by atoms with Crippen molar-refractivity contribution in [2.24, 2.45) is 0 Å². The molecule has 1 aromatic carbocycles. The predicted molar refractivity (Wildman–Crippen MR) is 116 cm³/mol. The van der Waals surface area contributed by atoms with Gasteiger partial charge in [0.25, 0.3) is 0 Å². The van der Waals surface area contributed by atoms with Crippen LogP contribution in [0.3, 0.4) is 0 Å². The smallest absolute Gasteiger partial charge is 0.250 e. The summed E-state index contributed by atoms with van der Waals surface area (Å²) in [6.07, 6.45) is 3.41.